The van der Waals surface area contributed by atoms with E-state index in [2.05, 4.69) is 25.7 Å². The van der Waals surface area contributed by atoms with Crippen LogP contribution in [0.1, 0.15) is 47.5 Å². The average molecular weight is 227 g/mol. The van der Waals surface area contributed by atoms with Crippen molar-refractivity contribution in [2.45, 2.75) is 59.0 Å². The monoisotopic (exact) mass is 227 g/mol. The molecule has 0 bridgehead atoms. The number of hydrogen-bond acceptors (Lipinski definition) is 3. The molecule has 16 heavy (non-hydrogen) atoms. The summed E-state index contributed by atoms with van der Waals surface area (Å²) < 4.78 is 5.33. The highest BCUT2D eigenvalue weighted by Crippen LogP contribution is 2.26. The highest BCUT2D eigenvalue weighted by atomic mass is 16.5. The lowest BCUT2D eigenvalue weighted by molar-refractivity contribution is -0.149. The third-order valence-electron chi connectivity index (χ3n) is 3.13. The van der Waals surface area contributed by atoms with Crippen LogP contribution in [0, 0.1) is 5.92 Å². The molecule has 0 aromatic rings. The number of nitrogens with zero attached hydrogens (tertiary/aromatic N) is 1. The number of hydrogen-bond donors (Lipinski definition) is 0. The Balaban J connectivity index is 2.45. The Morgan fingerprint density at radius 3 is 2.56 bits per heavy atom. The van der Waals surface area contributed by atoms with E-state index >= 15 is 0 Å². The molecule has 0 aliphatic carbocycles. The molecule has 0 aromatic carbocycles. The van der Waals surface area contributed by atoms with Gasteiger partial charge in [-0.05, 0) is 40.2 Å². The topological polar surface area (TPSA) is 29.5 Å². The molecule has 94 valence electrons. The predicted molar refractivity (Wildman–Crippen MR) is 65.3 cm³/mol. The first-order valence-electron chi connectivity index (χ1n) is 6.25. The molecule has 1 saturated heterocycles. The fourth-order valence-electron chi connectivity index (χ4n) is 2.24. The molecule has 0 radical (unpaired) electrons. The van der Waals surface area contributed by atoms with E-state index in [0.717, 1.165) is 13.0 Å². The third-order valence-corrected chi connectivity index (χ3v) is 3.13. The Morgan fingerprint density at radius 2 is 2.06 bits per heavy atom. The van der Waals surface area contributed by atoms with Crippen LogP contribution < -0.4 is 0 Å². The number of carbonyl (C=O) groups excluding carboxylic acids is 1. The first-order valence-corrected chi connectivity index (χ1v) is 6.25. The lowest BCUT2D eigenvalue weighted by atomic mass is 10.1. The van der Waals surface area contributed by atoms with Gasteiger partial charge in [0.2, 0.25) is 0 Å². The Kier molecular flexibility index (Phi) is 4.36. The SMILES string of the molecule is CC(C)C(=O)OC[C@@H]1CCCN1C(C)(C)C. The van der Waals surface area contributed by atoms with Crippen molar-refractivity contribution in [3.8, 4) is 0 Å². The molecule has 1 atom stereocenters. The van der Waals surface area contributed by atoms with Gasteiger partial charge in [-0.2, -0.15) is 0 Å². The summed E-state index contributed by atoms with van der Waals surface area (Å²) in [5, 5.41) is 0. The van der Waals surface area contributed by atoms with E-state index in [0.29, 0.717) is 12.6 Å². The molecule has 1 aliphatic heterocycles. The molecule has 3 heteroatoms. The van der Waals surface area contributed by atoms with E-state index in [-0.39, 0.29) is 17.4 Å². The van der Waals surface area contributed by atoms with Crippen LogP contribution in [0.4, 0.5) is 0 Å². The molecule has 3 nitrogen and oxygen atoms in total. The molecule has 1 fully saturated rings. The zero-order valence-corrected chi connectivity index (χ0v) is 11.2. The van der Waals surface area contributed by atoms with Crippen LogP contribution in [0.3, 0.4) is 0 Å². The van der Waals surface area contributed by atoms with Gasteiger partial charge in [-0.1, -0.05) is 13.8 Å². The first-order chi connectivity index (χ1) is 7.32. The summed E-state index contributed by atoms with van der Waals surface area (Å²) in [6.45, 7) is 12.1. The molecule has 0 aromatic heterocycles. The van der Waals surface area contributed by atoms with E-state index in [1.54, 1.807) is 0 Å². The molecule has 0 saturated carbocycles. The zero-order valence-electron chi connectivity index (χ0n) is 11.2. The van der Waals surface area contributed by atoms with Crippen molar-refractivity contribution in [2.24, 2.45) is 5.92 Å². The maximum absolute atomic E-state index is 11.4. The minimum absolute atomic E-state index is 0.0236. The second-order valence-corrected chi connectivity index (χ2v) is 5.95. The van der Waals surface area contributed by atoms with Gasteiger partial charge in [0.15, 0.2) is 0 Å². The summed E-state index contributed by atoms with van der Waals surface area (Å²) in [7, 11) is 0. The van der Waals surface area contributed by atoms with E-state index in [4.69, 9.17) is 4.74 Å². The quantitative estimate of drug-likeness (QED) is 0.694. The number of rotatable bonds is 3. The normalized spacial score (nSPS) is 22.8. The van der Waals surface area contributed by atoms with E-state index < -0.39 is 0 Å². The van der Waals surface area contributed by atoms with Crippen molar-refractivity contribution in [3.05, 3.63) is 0 Å². The van der Waals surface area contributed by atoms with E-state index in [9.17, 15) is 4.79 Å². The summed E-state index contributed by atoms with van der Waals surface area (Å²) in [6.07, 6.45) is 2.35. The van der Waals surface area contributed by atoms with Crippen LogP contribution >= 0.6 is 0 Å². The average Bonchev–Trinajstić information content (AvgIpc) is 2.60. The van der Waals surface area contributed by atoms with Crippen molar-refractivity contribution < 1.29 is 9.53 Å². The fourth-order valence-corrected chi connectivity index (χ4v) is 2.24. The largest absolute Gasteiger partial charge is 0.464 e. The lowest BCUT2D eigenvalue weighted by Gasteiger charge is -2.36. The summed E-state index contributed by atoms with van der Waals surface area (Å²) >= 11 is 0. The minimum atomic E-state index is -0.0826. The van der Waals surface area contributed by atoms with Crippen molar-refractivity contribution in [3.63, 3.8) is 0 Å². The number of ether oxygens (including phenoxy) is 1. The standard InChI is InChI=1S/C13H25NO2/c1-10(2)12(15)16-9-11-7-6-8-14(11)13(3,4)5/h10-11H,6-9H2,1-5H3/t11-/m0/s1. The summed E-state index contributed by atoms with van der Waals surface area (Å²) in [5.74, 6) is -0.106. The molecule has 0 amide bonds. The van der Waals surface area contributed by atoms with Gasteiger partial charge < -0.3 is 4.74 Å². The molecule has 1 heterocycles. The van der Waals surface area contributed by atoms with Crippen molar-refractivity contribution in [1.29, 1.82) is 0 Å². The minimum Gasteiger partial charge on any atom is -0.464 e. The maximum atomic E-state index is 11.4. The van der Waals surface area contributed by atoms with Crippen molar-refractivity contribution in [2.75, 3.05) is 13.2 Å². The van der Waals surface area contributed by atoms with Crippen LogP contribution in [0.25, 0.3) is 0 Å². The van der Waals surface area contributed by atoms with Gasteiger partial charge in [0.1, 0.15) is 6.61 Å². The third kappa shape index (κ3) is 3.48. The fraction of sp³-hybridized carbons (Fsp3) is 0.923. The Hall–Kier alpha value is -0.570. The summed E-state index contributed by atoms with van der Waals surface area (Å²) in [6, 6.07) is 0.405. The first kappa shape index (κ1) is 13.5. The van der Waals surface area contributed by atoms with Crippen molar-refractivity contribution in [1.82, 2.24) is 4.90 Å². The number of esters is 1. The van der Waals surface area contributed by atoms with Gasteiger partial charge in [-0.25, -0.2) is 0 Å². The lowest BCUT2D eigenvalue weighted by Crippen LogP contribution is -2.46. The second kappa shape index (κ2) is 5.17. The van der Waals surface area contributed by atoms with Crippen molar-refractivity contribution >= 4 is 5.97 Å². The van der Waals surface area contributed by atoms with Crippen LogP contribution in [-0.2, 0) is 9.53 Å². The zero-order chi connectivity index (χ0) is 12.3. The van der Waals surface area contributed by atoms with E-state index in [1.165, 1.54) is 6.42 Å². The molecular formula is C13H25NO2. The van der Waals surface area contributed by atoms with Gasteiger partial charge in [0, 0.05) is 11.6 Å². The van der Waals surface area contributed by atoms with Crippen LogP contribution in [-0.4, -0.2) is 35.6 Å². The Bertz CT molecular complexity index is 243. The molecule has 1 aliphatic rings. The molecule has 0 spiro atoms. The number of carbonyl (C=O) groups is 1. The van der Waals surface area contributed by atoms with E-state index in [1.807, 2.05) is 13.8 Å². The van der Waals surface area contributed by atoms with Crippen LogP contribution in [0.5, 0.6) is 0 Å². The van der Waals surface area contributed by atoms with Gasteiger partial charge in [0.25, 0.3) is 0 Å². The highest BCUT2D eigenvalue weighted by molar-refractivity contribution is 5.71. The smallest absolute Gasteiger partial charge is 0.308 e. The second-order valence-electron chi connectivity index (χ2n) is 5.95. The molecule has 1 rings (SSSR count). The summed E-state index contributed by atoms with van der Waals surface area (Å²) in [5.41, 5.74) is 0.172. The number of likely N-dealkylation sites (tertiary alicyclic amines) is 1. The van der Waals surface area contributed by atoms with Gasteiger partial charge in [-0.3, -0.25) is 9.69 Å². The van der Waals surface area contributed by atoms with Gasteiger partial charge >= 0.3 is 5.97 Å². The Morgan fingerprint density at radius 1 is 1.44 bits per heavy atom. The summed E-state index contributed by atoms with van der Waals surface area (Å²) in [4.78, 5) is 13.9. The van der Waals surface area contributed by atoms with Gasteiger partial charge in [0.05, 0.1) is 5.92 Å². The molecular weight excluding hydrogens is 202 g/mol. The van der Waals surface area contributed by atoms with Gasteiger partial charge in [-0.15, -0.1) is 0 Å². The Labute approximate surface area is 99.1 Å². The maximum Gasteiger partial charge on any atom is 0.308 e. The molecule has 0 unspecified atom stereocenters. The predicted octanol–water partition coefficient (Wildman–Crippen LogP) is 2.45. The van der Waals surface area contributed by atoms with Crippen LogP contribution in [0.2, 0.25) is 0 Å². The van der Waals surface area contributed by atoms with Crippen LogP contribution in [0.15, 0.2) is 0 Å². The highest BCUT2D eigenvalue weighted by Gasteiger charge is 2.33. The molecule has 0 N–H and O–H groups in total.